The van der Waals surface area contributed by atoms with Gasteiger partial charge in [-0.05, 0) is 55.5 Å². The van der Waals surface area contributed by atoms with E-state index in [2.05, 4.69) is 15.6 Å². The van der Waals surface area contributed by atoms with Crippen LogP contribution in [0.15, 0.2) is 63.4 Å². The fourth-order valence-electron chi connectivity index (χ4n) is 5.27. The summed E-state index contributed by atoms with van der Waals surface area (Å²) < 4.78 is 22.8. The predicted molar refractivity (Wildman–Crippen MR) is 162 cm³/mol. The zero-order valence-corrected chi connectivity index (χ0v) is 24.8. The Morgan fingerprint density at radius 1 is 1.02 bits per heavy atom. The standard InChI is InChI=1S/C29H34N6O5S2/c30-42(39,40)21-12-10-19(11-13-21)16-17-31-26(37)18-41-29-34-23-9-5-4-8-22(23)27-33-24(28(38)35(27)29)14-15-25(36)32-20-6-2-1-3-7-20/h4-5,8-13,20,24H,1-3,6-7,14-18H2,(H,31,37)(H,32,36)(H2,30,39,40)/t24-/m1/s1. The van der Waals surface area contributed by atoms with Crippen molar-refractivity contribution in [2.45, 2.75) is 68.3 Å². The maximum atomic E-state index is 13.5. The van der Waals surface area contributed by atoms with Crippen LogP contribution in [0.2, 0.25) is 0 Å². The van der Waals surface area contributed by atoms with Gasteiger partial charge in [-0.15, -0.1) is 0 Å². The van der Waals surface area contributed by atoms with Crippen LogP contribution in [-0.4, -0.2) is 66.4 Å². The highest BCUT2D eigenvalue weighted by atomic mass is 32.2. The second-order valence-electron chi connectivity index (χ2n) is 10.6. The molecule has 11 nitrogen and oxygen atoms in total. The number of thioether (sulfide) groups is 1. The number of nitrogens with zero attached hydrogens (tertiary/aromatic N) is 3. The number of amides is 3. The molecule has 0 radical (unpaired) electrons. The minimum absolute atomic E-state index is 0.0332. The molecule has 0 aromatic heterocycles. The van der Waals surface area contributed by atoms with E-state index in [0.29, 0.717) is 36.1 Å². The van der Waals surface area contributed by atoms with Crippen molar-refractivity contribution in [3.05, 3.63) is 59.7 Å². The summed E-state index contributed by atoms with van der Waals surface area (Å²) in [5.74, 6) is -0.00499. The smallest absolute Gasteiger partial charge is 0.259 e. The number of sulfonamides is 1. The fraction of sp³-hybridized carbons (Fsp3) is 0.414. The first-order chi connectivity index (χ1) is 20.2. The highest BCUT2D eigenvalue weighted by Crippen LogP contribution is 2.34. The first kappa shape index (κ1) is 29.9. The van der Waals surface area contributed by atoms with Gasteiger partial charge in [-0.2, -0.15) is 0 Å². The second kappa shape index (κ2) is 13.2. The number of fused-ring (bicyclic) bond motifs is 3. The van der Waals surface area contributed by atoms with Crippen LogP contribution in [0.5, 0.6) is 0 Å². The number of carbonyl (C=O) groups is 3. The molecule has 0 unspecified atom stereocenters. The number of amidine groups is 2. The van der Waals surface area contributed by atoms with E-state index in [1.54, 1.807) is 12.1 Å². The van der Waals surface area contributed by atoms with Crippen LogP contribution in [-0.2, 0) is 30.8 Å². The Kier molecular flexibility index (Phi) is 9.39. The minimum atomic E-state index is -3.75. The van der Waals surface area contributed by atoms with E-state index < -0.39 is 16.1 Å². The molecule has 5 rings (SSSR count). The van der Waals surface area contributed by atoms with Gasteiger partial charge in [0.25, 0.3) is 5.91 Å². The van der Waals surface area contributed by atoms with Gasteiger partial charge in [0.15, 0.2) is 5.17 Å². The van der Waals surface area contributed by atoms with E-state index in [9.17, 15) is 22.8 Å². The molecule has 0 bridgehead atoms. The van der Waals surface area contributed by atoms with Crippen molar-refractivity contribution >= 4 is 56.2 Å². The van der Waals surface area contributed by atoms with Gasteiger partial charge in [-0.25, -0.2) is 23.4 Å². The normalized spacial score (nSPS) is 18.5. The molecule has 42 heavy (non-hydrogen) atoms. The highest BCUT2D eigenvalue weighted by molar-refractivity contribution is 8.14. The lowest BCUT2D eigenvalue weighted by Gasteiger charge is -2.25. The van der Waals surface area contributed by atoms with Crippen LogP contribution in [0.3, 0.4) is 0 Å². The first-order valence-corrected chi connectivity index (χ1v) is 16.6. The van der Waals surface area contributed by atoms with Crippen LogP contribution >= 0.6 is 11.8 Å². The molecule has 1 aliphatic carbocycles. The number of rotatable bonds is 10. The predicted octanol–water partition coefficient (Wildman–Crippen LogP) is 2.61. The molecule has 1 saturated carbocycles. The molecule has 0 spiro atoms. The van der Waals surface area contributed by atoms with Gasteiger partial charge in [0.1, 0.15) is 11.9 Å². The van der Waals surface area contributed by atoms with E-state index in [1.807, 2.05) is 24.3 Å². The molecule has 4 N–H and O–H groups in total. The number of hydrogen-bond acceptors (Lipinski definition) is 8. The Balaban J connectivity index is 1.16. The van der Waals surface area contributed by atoms with E-state index in [4.69, 9.17) is 10.1 Å². The van der Waals surface area contributed by atoms with Crippen LogP contribution in [0.1, 0.15) is 56.1 Å². The Morgan fingerprint density at radius 2 is 1.76 bits per heavy atom. The second-order valence-corrected chi connectivity index (χ2v) is 13.1. The Labute approximate surface area is 249 Å². The molecular weight excluding hydrogens is 576 g/mol. The summed E-state index contributed by atoms with van der Waals surface area (Å²) >= 11 is 1.15. The number of aliphatic imine (C=N–C) groups is 2. The summed E-state index contributed by atoms with van der Waals surface area (Å²) in [7, 11) is -3.75. The zero-order chi connectivity index (χ0) is 29.7. The van der Waals surface area contributed by atoms with E-state index in [0.717, 1.165) is 48.6 Å². The van der Waals surface area contributed by atoms with Gasteiger partial charge < -0.3 is 10.6 Å². The van der Waals surface area contributed by atoms with Crippen molar-refractivity contribution in [2.24, 2.45) is 15.1 Å². The number of primary sulfonamides is 1. The van der Waals surface area contributed by atoms with E-state index in [1.165, 1.54) is 23.5 Å². The first-order valence-electron chi connectivity index (χ1n) is 14.1. The molecule has 2 aromatic carbocycles. The number of hydrogen-bond donors (Lipinski definition) is 3. The fourth-order valence-corrected chi connectivity index (χ4v) is 6.62. The zero-order valence-electron chi connectivity index (χ0n) is 23.1. The highest BCUT2D eigenvalue weighted by Gasteiger charge is 2.41. The minimum Gasteiger partial charge on any atom is -0.355 e. The summed E-state index contributed by atoms with van der Waals surface area (Å²) in [6.07, 6.45) is 6.49. The van der Waals surface area contributed by atoms with Gasteiger partial charge in [0.05, 0.1) is 16.3 Å². The number of benzene rings is 2. The van der Waals surface area contributed by atoms with Gasteiger partial charge >= 0.3 is 0 Å². The van der Waals surface area contributed by atoms with Gasteiger partial charge in [-0.1, -0.05) is 55.3 Å². The Morgan fingerprint density at radius 3 is 2.50 bits per heavy atom. The van der Waals surface area contributed by atoms with Gasteiger partial charge in [0.2, 0.25) is 21.8 Å². The van der Waals surface area contributed by atoms with Crippen LogP contribution < -0.4 is 15.8 Å². The summed E-state index contributed by atoms with van der Waals surface area (Å²) in [6.45, 7) is 0.351. The van der Waals surface area contributed by atoms with Crippen LogP contribution in [0, 0.1) is 0 Å². The third kappa shape index (κ3) is 7.26. The number of carbonyl (C=O) groups excluding carboxylic acids is 3. The van der Waals surface area contributed by atoms with Crippen LogP contribution in [0.4, 0.5) is 5.69 Å². The molecule has 13 heteroatoms. The number of nitrogens with one attached hydrogen (secondary N) is 2. The average Bonchev–Trinajstić information content (AvgIpc) is 3.31. The average molecular weight is 611 g/mol. The van der Waals surface area contributed by atoms with Gasteiger partial charge in [-0.3, -0.25) is 19.4 Å². The molecule has 1 atom stereocenters. The maximum Gasteiger partial charge on any atom is 0.259 e. The largest absolute Gasteiger partial charge is 0.355 e. The Bertz CT molecular complexity index is 1520. The number of para-hydroxylation sites is 1. The molecule has 2 heterocycles. The van der Waals surface area contributed by atoms with Crippen molar-refractivity contribution in [3.63, 3.8) is 0 Å². The van der Waals surface area contributed by atoms with Crippen molar-refractivity contribution < 1.29 is 22.8 Å². The SMILES string of the molecule is NS(=O)(=O)c1ccc(CCNC(=O)CSC2=Nc3ccccc3C3=N[C@H](CCC(=O)NC4CCCCC4)C(=O)N23)cc1. The monoisotopic (exact) mass is 610 g/mol. The van der Waals surface area contributed by atoms with Crippen molar-refractivity contribution in [3.8, 4) is 0 Å². The third-order valence-corrected chi connectivity index (χ3v) is 9.35. The lowest BCUT2D eigenvalue weighted by Crippen LogP contribution is -2.42. The van der Waals surface area contributed by atoms with Crippen molar-refractivity contribution in [1.29, 1.82) is 0 Å². The molecule has 2 aromatic rings. The molecule has 0 saturated heterocycles. The molecular formula is C29H34N6O5S2. The van der Waals surface area contributed by atoms with E-state index >= 15 is 0 Å². The molecule has 3 amide bonds. The maximum absolute atomic E-state index is 13.5. The van der Waals surface area contributed by atoms with Crippen molar-refractivity contribution in [2.75, 3.05) is 12.3 Å². The molecule has 1 fully saturated rings. The van der Waals surface area contributed by atoms with Crippen molar-refractivity contribution in [1.82, 2.24) is 15.5 Å². The summed E-state index contributed by atoms with van der Waals surface area (Å²) in [6, 6.07) is 13.1. The molecule has 222 valence electrons. The summed E-state index contributed by atoms with van der Waals surface area (Å²) in [5.41, 5.74) is 2.26. The quantitative estimate of drug-likeness (QED) is 0.374. The molecule has 2 aliphatic heterocycles. The summed E-state index contributed by atoms with van der Waals surface area (Å²) in [4.78, 5) is 49.5. The summed E-state index contributed by atoms with van der Waals surface area (Å²) in [5, 5.41) is 11.4. The lowest BCUT2D eigenvalue weighted by molar-refractivity contribution is -0.125. The lowest BCUT2D eigenvalue weighted by atomic mass is 9.95. The van der Waals surface area contributed by atoms with Gasteiger partial charge in [0, 0.05) is 24.6 Å². The third-order valence-electron chi connectivity index (χ3n) is 7.48. The van der Waals surface area contributed by atoms with Crippen LogP contribution in [0.25, 0.3) is 0 Å². The number of nitrogens with two attached hydrogens (primary N) is 1. The Hall–Kier alpha value is -3.55. The molecule has 3 aliphatic rings. The topological polar surface area (TPSA) is 163 Å². The van der Waals surface area contributed by atoms with E-state index in [-0.39, 0.29) is 40.8 Å².